The van der Waals surface area contributed by atoms with Gasteiger partial charge in [-0.05, 0) is 25.1 Å². The summed E-state index contributed by atoms with van der Waals surface area (Å²) in [6.45, 7) is 4.12. The summed E-state index contributed by atoms with van der Waals surface area (Å²) in [4.78, 5) is 28.6. The average Bonchev–Trinajstić information content (AvgIpc) is 2.69. The topological polar surface area (TPSA) is 61.9 Å². The summed E-state index contributed by atoms with van der Waals surface area (Å²) in [5.41, 5.74) is 2.76. The first-order valence-corrected chi connectivity index (χ1v) is 9.09. The molecule has 1 saturated heterocycles. The minimum atomic E-state index is -0.131. The van der Waals surface area contributed by atoms with Crippen LogP contribution in [0, 0.1) is 6.92 Å². The van der Waals surface area contributed by atoms with Gasteiger partial charge in [0, 0.05) is 37.4 Å². The maximum Gasteiger partial charge on any atom is 0.321 e. The van der Waals surface area contributed by atoms with Crippen LogP contribution in [0.2, 0.25) is 0 Å². The average molecular weight is 367 g/mol. The lowest BCUT2D eigenvalue weighted by Gasteiger charge is -2.34. The fourth-order valence-corrected chi connectivity index (χ4v) is 3.20. The van der Waals surface area contributed by atoms with Gasteiger partial charge < -0.3 is 19.9 Å². The second-order valence-electron chi connectivity index (χ2n) is 6.66. The Kier molecular flexibility index (Phi) is 5.96. The molecule has 0 radical (unpaired) electrons. The van der Waals surface area contributed by atoms with Crippen molar-refractivity contribution in [3.05, 3.63) is 59.7 Å². The molecule has 1 fully saturated rings. The van der Waals surface area contributed by atoms with Crippen molar-refractivity contribution in [1.29, 1.82) is 0 Å². The highest BCUT2D eigenvalue weighted by Crippen LogP contribution is 2.21. The second kappa shape index (κ2) is 8.58. The van der Waals surface area contributed by atoms with Gasteiger partial charge in [-0.25, -0.2) is 4.79 Å². The second-order valence-corrected chi connectivity index (χ2v) is 6.66. The smallest absolute Gasteiger partial charge is 0.321 e. The van der Waals surface area contributed by atoms with E-state index in [1.165, 1.54) is 0 Å². The largest absolute Gasteiger partial charge is 0.496 e. The predicted molar refractivity (Wildman–Crippen MR) is 105 cm³/mol. The third-order valence-corrected chi connectivity index (χ3v) is 4.72. The summed E-state index contributed by atoms with van der Waals surface area (Å²) in [7, 11) is 1.61. The number of nitrogens with zero attached hydrogens (tertiary/aromatic N) is 2. The van der Waals surface area contributed by atoms with Crippen LogP contribution in [0.4, 0.5) is 10.5 Å². The highest BCUT2D eigenvalue weighted by molar-refractivity contribution is 5.89. The monoisotopic (exact) mass is 367 g/mol. The van der Waals surface area contributed by atoms with Gasteiger partial charge in [0.25, 0.3) is 0 Å². The van der Waals surface area contributed by atoms with Crippen LogP contribution in [0.1, 0.15) is 11.1 Å². The fraction of sp³-hybridized carbons (Fsp3) is 0.333. The van der Waals surface area contributed by atoms with Crippen molar-refractivity contribution in [3.63, 3.8) is 0 Å². The Labute approximate surface area is 159 Å². The van der Waals surface area contributed by atoms with E-state index in [0.29, 0.717) is 32.6 Å². The number of aryl methyl sites for hydroxylation is 1. The van der Waals surface area contributed by atoms with E-state index in [4.69, 9.17) is 4.74 Å². The first kappa shape index (κ1) is 18.8. The van der Waals surface area contributed by atoms with Gasteiger partial charge in [0.05, 0.1) is 13.5 Å². The molecule has 2 aromatic carbocycles. The number of nitrogens with one attached hydrogen (secondary N) is 1. The highest BCUT2D eigenvalue weighted by Gasteiger charge is 2.24. The molecule has 3 rings (SSSR count). The molecule has 0 aliphatic carbocycles. The molecule has 1 aliphatic rings. The van der Waals surface area contributed by atoms with Crippen molar-refractivity contribution in [2.75, 3.05) is 38.6 Å². The number of anilines is 1. The first-order chi connectivity index (χ1) is 13.1. The molecule has 27 heavy (non-hydrogen) atoms. The Bertz CT molecular complexity index is 800. The van der Waals surface area contributed by atoms with E-state index in [9.17, 15) is 9.59 Å². The van der Waals surface area contributed by atoms with Crippen molar-refractivity contribution in [1.82, 2.24) is 9.80 Å². The Balaban J connectivity index is 1.53. The van der Waals surface area contributed by atoms with Crippen molar-refractivity contribution in [3.8, 4) is 5.75 Å². The summed E-state index contributed by atoms with van der Waals surface area (Å²) in [5, 5.41) is 2.88. The van der Waals surface area contributed by atoms with Crippen molar-refractivity contribution >= 4 is 17.6 Å². The molecule has 0 aromatic heterocycles. The maximum atomic E-state index is 12.7. The van der Waals surface area contributed by atoms with Gasteiger partial charge in [0.1, 0.15) is 5.75 Å². The SMILES string of the molecule is COc1ccc(C)cc1CC(=O)N1CCN(C(=O)Nc2ccccc2)CC1. The van der Waals surface area contributed by atoms with Gasteiger partial charge in [-0.2, -0.15) is 0 Å². The van der Waals surface area contributed by atoms with E-state index >= 15 is 0 Å². The normalized spacial score (nSPS) is 14.0. The molecule has 0 atom stereocenters. The molecule has 1 aliphatic heterocycles. The molecule has 6 heteroatoms. The standard InChI is InChI=1S/C21H25N3O3/c1-16-8-9-19(27-2)17(14-16)15-20(25)23-10-12-24(13-11-23)21(26)22-18-6-4-3-5-7-18/h3-9,14H,10-13,15H2,1-2H3,(H,22,26). The number of rotatable bonds is 4. The number of amides is 3. The van der Waals surface area contributed by atoms with Gasteiger partial charge in [-0.3, -0.25) is 4.79 Å². The van der Waals surface area contributed by atoms with Crippen molar-refractivity contribution in [2.45, 2.75) is 13.3 Å². The third-order valence-electron chi connectivity index (χ3n) is 4.72. The van der Waals surface area contributed by atoms with E-state index in [0.717, 1.165) is 22.6 Å². The summed E-state index contributed by atoms with van der Waals surface area (Å²) in [6, 6.07) is 15.1. The first-order valence-electron chi connectivity index (χ1n) is 9.09. The number of urea groups is 1. The summed E-state index contributed by atoms with van der Waals surface area (Å²) >= 11 is 0. The number of piperazine rings is 1. The lowest BCUT2D eigenvalue weighted by Crippen LogP contribution is -2.52. The molecule has 3 amide bonds. The Morgan fingerprint density at radius 2 is 1.67 bits per heavy atom. The number of hydrogen-bond donors (Lipinski definition) is 1. The number of benzene rings is 2. The lowest BCUT2D eigenvalue weighted by molar-refractivity contribution is -0.131. The third kappa shape index (κ3) is 4.78. The van der Waals surface area contributed by atoms with Crippen LogP contribution in [0.3, 0.4) is 0 Å². The fourth-order valence-electron chi connectivity index (χ4n) is 3.20. The van der Waals surface area contributed by atoms with Gasteiger partial charge in [0.15, 0.2) is 0 Å². The maximum absolute atomic E-state index is 12.7. The van der Waals surface area contributed by atoms with Crippen molar-refractivity contribution in [2.24, 2.45) is 0 Å². The Hall–Kier alpha value is -3.02. The molecule has 0 spiro atoms. The molecule has 142 valence electrons. The van der Waals surface area contributed by atoms with Crippen LogP contribution < -0.4 is 10.1 Å². The van der Waals surface area contributed by atoms with E-state index in [2.05, 4.69) is 5.32 Å². The van der Waals surface area contributed by atoms with E-state index in [1.807, 2.05) is 60.4 Å². The van der Waals surface area contributed by atoms with E-state index < -0.39 is 0 Å². The van der Waals surface area contributed by atoms with Crippen LogP contribution in [-0.2, 0) is 11.2 Å². The van der Waals surface area contributed by atoms with E-state index in [-0.39, 0.29) is 11.9 Å². The molecule has 1 heterocycles. The molecule has 1 N–H and O–H groups in total. The summed E-state index contributed by atoms with van der Waals surface area (Å²) in [6.07, 6.45) is 0.307. The van der Waals surface area contributed by atoms with Crippen LogP contribution in [-0.4, -0.2) is 55.0 Å². The summed E-state index contributed by atoms with van der Waals surface area (Å²) < 4.78 is 5.36. The zero-order chi connectivity index (χ0) is 19.2. The lowest BCUT2D eigenvalue weighted by atomic mass is 10.1. The number of hydrogen-bond acceptors (Lipinski definition) is 3. The molecule has 2 aromatic rings. The summed E-state index contributed by atoms with van der Waals surface area (Å²) in [5.74, 6) is 0.789. The van der Waals surface area contributed by atoms with Crippen LogP contribution >= 0.6 is 0 Å². The zero-order valence-electron chi connectivity index (χ0n) is 15.8. The molecule has 6 nitrogen and oxygen atoms in total. The predicted octanol–water partition coefficient (Wildman–Crippen LogP) is 2.92. The molecule has 0 unspecified atom stereocenters. The zero-order valence-corrected chi connectivity index (χ0v) is 15.8. The minimum absolute atomic E-state index is 0.0574. The van der Waals surface area contributed by atoms with Gasteiger partial charge in [0.2, 0.25) is 5.91 Å². The van der Waals surface area contributed by atoms with Crippen molar-refractivity contribution < 1.29 is 14.3 Å². The van der Waals surface area contributed by atoms with Crippen LogP contribution in [0.25, 0.3) is 0 Å². The highest BCUT2D eigenvalue weighted by atomic mass is 16.5. The minimum Gasteiger partial charge on any atom is -0.496 e. The molecular formula is C21H25N3O3. The van der Waals surface area contributed by atoms with Gasteiger partial charge in [-0.1, -0.05) is 35.9 Å². The van der Waals surface area contributed by atoms with Crippen LogP contribution in [0.15, 0.2) is 48.5 Å². The molecule has 0 bridgehead atoms. The quantitative estimate of drug-likeness (QED) is 0.904. The molecule has 0 saturated carbocycles. The number of para-hydroxylation sites is 1. The number of carbonyl (C=O) groups excluding carboxylic acids is 2. The Morgan fingerprint density at radius 3 is 2.33 bits per heavy atom. The number of carbonyl (C=O) groups is 2. The van der Waals surface area contributed by atoms with Gasteiger partial charge in [-0.15, -0.1) is 0 Å². The van der Waals surface area contributed by atoms with E-state index in [1.54, 1.807) is 12.0 Å². The Morgan fingerprint density at radius 1 is 1.00 bits per heavy atom. The number of ether oxygens (including phenoxy) is 1. The number of methoxy groups -OCH3 is 1. The van der Waals surface area contributed by atoms with Crippen LogP contribution in [0.5, 0.6) is 5.75 Å². The molecular weight excluding hydrogens is 342 g/mol. The van der Waals surface area contributed by atoms with Gasteiger partial charge >= 0.3 is 6.03 Å².